The van der Waals surface area contributed by atoms with Crippen molar-refractivity contribution in [2.24, 2.45) is 0 Å². The number of amides is 1. The van der Waals surface area contributed by atoms with E-state index in [2.05, 4.69) is 37.8 Å². The van der Waals surface area contributed by atoms with Crippen molar-refractivity contribution in [3.05, 3.63) is 35.4 Å². The maximum absolute atomic E-state index is 12.7. The van der Waals surface area contributed by atoms with Crippen LogP contribution < -0.4 is 0 Å². The third-order valence-electron chi connectivity index (χ3n) is 5.11. The maximum Gasteiger partial charge on any atom is 0.253 e. The van der Waals surface area contributed by atoms with Crippen LogP contribution >= 0.6 is 0 Å². The van der Waals surface area contributed by atoms with Gasteiger partial charge in [-0.15, -0.1) is 0 Å². The second kappa shape index (κ2) is 6.04. The summed E-state index contributed by atoms with van der Waals surface area (Å²) in [5.74, 6) is 0.196. The number of carbonyl (C=O) groups excluding carboxylic acids is 1. The molecule has 1 atom stereocenters. The van der Waals surface area contributed by atoms with Gasteiger partial charge in [-0.1, -0.05) is 32.9 Å². The molecule has 1 unspecified atom stereocenters. The Morgan fingerprint density at radius 3 is 2.27 bits per heavy atom. The molecule has 1 aromatic carbocycles. The Hall–Kier alpha value is -1.35. The molecule has 0 aliphatic carbocycles. The molecule has 2 fully saturated rings. The molecule has 0 aromatic heterocycles. The van der Waals surface area contributed by atoms with E-state index >= 15 is 0 Å². The van der Waals surface area contributed by atoms with E-state index in [0.29, 0.717) is 6.04 Å². The van der Waals surface area contributed by atoms with Crippen LogP contribution in [0.5, 0.6) is 0 Å². The van der Waals surface area contributed by atoms with Crippen LogP contribution in [0.25, 0.3) is 0 Å². The lowest BCUT2D eigenvalue weighted by Gasteiger charge is -2.24. The molecule has 1 aromatic rings. The molecule has 2 aliphatic rings. The first-order valence-corrected chi connectivity index (χ1v) is 8.59. The fourth-order valence-electron chi connectivity index (χ4n) is 3.63. The van der Waals surface area contributed by atoms with Gasteiger partial charge in [0, 0.05) is 24.7 Å². The SMILES string of the molecule is CC(C)(C)c1ccc(C(=O)N2CCC(N3CCCC3)C2)cc1. The molecule has 0 spiro atoms. The van der Waals surface area contributed by atoms with E-state index in [0.717, 1.165) is 25.1 Å². The van der Waals surface area contributed by atoms with E-state index < -0.39 is 0 Å². The van der Waals surface area contributed by atoms with E-state index in [9.17, 15) is 4.79 Å². The van der Waals surface area contributed by atoms with Gasteiger partial charge in [0.15, 0.2) is 0 Å². The number of nitrogens with zero attached hydrogens (tertiary/aromatic N) is 2. The van der Waals surface area contributed by atoms with Gasteiger partial charge in [-0.25, -0.2) is 0 Å². The smallest absolute Gasteiger partial charge is 0.253 e. The molecule has 0 radical (unpaired) electrons. The van der Waals surface area contributed by atoms with Crippen molar-refractivity contribution in [2.75, 3.05) is 26.2 Å². The highest BCUT2D eigenvalue weighted by atomic mass is 16.2. The molecule has 3 rings (SSSR count). The third kappa shape index (κ3) is 3.19. The zero-order valence-electron chi connectivity index (χ0n) is 14.1. The maximum atomic E-state index is 12.7. The van der Waals surface area contributed by atoms with Gasteiger partial charge < -0.3 is 4.90 Å². The van der Waals surface area contributed by atoms with Crippen LogP contribution in [-0.4, -0.2) is 47.9 Å². The second-order valence-corrected chi connectivity index (χ2v) is 7.76. The van der Waals surface area contributed by atoms with Gasteiger partial charge in [-0.2, -0.15) is 0 Å². The predicted molar refractivity (Wildman–Crippen MR) is 90.3 cm³/mol. The van der Waals surface area contributed by atoms with Crippen LogP contribution in [0.1, 0.15) is 56.0 Å². The van der Waals surface area contributed by atoms with Gasteiger partial charge in [-0.05, 0) is 55.5 Å². The van der Waals surface area contributed by atoms with E-state index in [1.54, 1.807) is 0 Å². The van der Waals surface area contributed by atoms with E-state index in [4.69, 9.17) is 0 Å². The van der Waals surface area contributed by atoms with E-state index in [1.807, 2.05) is 17.0 Å². The molecule has 1 amide bonds. The molecule has 2 heterocycles. The molecule has 0 bridgehead atoms. The zero-order valence-corrected chi connectivity index (χ0v) is 14.1. The summed E-state index contributed by atoms with van der Waals surface area (Å²) >= 11 is 0. The monoisotopic (exact) mass is 300 g/mol. The van der Waals surface area contributed by atoms with Crippen molar-refractivity contribution in [3.8, 4) is 0 Å². The fourth-order valence-corrected chi connectivity index (χ4v) is 3.63. The topological polar surface area (TPSA) is 23.6 Å². The number of likely N-dealkylation sites (tertiary alicyclic amines) is 2. The number of hydrogen-bond donors (Lipinski definition) is 0. The lowest BCUT2D eigenvalue weighted by molar-refractivity contribution is 0.0780. The quantitative estimate of drug-likeness (QED) is 0.837. The van der Waals surface area contributed by atoms with Crippen molar-refractivity contribution in [3.63, 3.8) is 0 Å². The first kappa shape index (κ1) is 15.5. The minimum Gasteiger partial charge on any atom is -0.337 e. The number of hydrogen-bond acceptors (Lipinski definition) is 2. The summed E-state index contributed by atoms with van der Waals surface area (Å²) < 4.78 is 0. The average molecular weight is 300 g/mol. The summed E-state index contributed by atoms with van der Waals surface area (Å²) in [5, 5.41) is 0. The first-order valence-electron chi connectivity index (χ1n) is 8.59. The Kier molecular flexibility index (Phi) is 4.26. The molecule has 22 heavy (non-hydrogen) atoms. The number of benzene rings is 1. The molecule has 0 saturated carbocycles. The van der Waals surface area contributed by atoms with Crippen molar-refractivity contribution in [1.29, 1.82) is 0 Å². The Bertz CT molecular complexity index is 523. The van der Waals surface area contributed by atoms with Gasteiger partial charge in [0.05, 0.1) is 0 Å². The van der Waals surface area contributed by atoms with Crippen molar-refractivity contribution in [1.82, 2.24) is 9.80 Å². The lowest BCUT2D eigenvalue weighted by atomic mass is 9.86. The number of carbonyl (C=O) groups is 1. The zero-order chi connectivity index (χ0) is 15.7. The highest BCUT2D eigenvalue weighted by molar-refractivity contribution is 5.94. The van der Waals surface area contributed by atoms with E-state index in [-0.39, 0.29) is 11.3 Å². The molecule has 120 valence electrons. The van der Waals surface area contributed by atoms with Gasteiger partial charge in [0.1, 0.15) is 0 Å². The molecule has 2 saturated heterocycles. The fraction of sp³-hybridized carbons (Fsp3) is 0.632. The van der Waals surface area contributed by atoms with Crippen LogP contribution in [0.15, 0.2) is 24.3 Å². The minimum atomic E-state index is 0.135. The van der Waals surface area contributed by atoms with Crippen molar-refractivity contribution in [2.45, 2.75) is 51.5 Å². The van der Waals surface area contributed by atoms with Gasteiger partial charge in [0.25, 0.3) is 5.91 Å². The molecule has 0 N–H and O–H groups in total. The number of rotatable bonds is 2. The van der Waals surface area contributed by atoms with Crippen molar-refractivity contribution >= 4 is 5.91 Å². The molecular weight excluding hydrogens is 272 g/mol. The Balaban J connectivity index is 1.64. The summed E-state index contributed by atoms with van der Waals surface area (Å²) in [6, 6.07) is 8.76. The summed E-state index contributed by atoms with van der Waals surface area (Å²) in [5.41, 5.74) is 2.24. The van der Waals surface area contributed by atoms with Crippen LogP contribution in [0.4, 0.5) is 0 Å². The second-order valence-electron chi connectivity index (χ2n) is 7.76. The summed E-state index contributed by atoms with van der Waals surface area (Å²) in [6.07, 6.45) is 3.77. The Labute approximate surface area is 134 Å². The normalized spacial score (nSPS) is 23.2. The van der Waals surface area contributed by atoms with Gasteiger partial charge in [-0.3, -0.25) is 9.69 Å². The van der Waals surface area contributed by atoms with Crippen LogP contribution in [0.3, 0.4) is 0 Å². The third-order valence-corrected chi connectivity index (χ3v) is 5.11. The van der Waals surface area contributed by atoms with Crippen LogP contribution in [-0.2, 0) is 5.41 Å². The Morgan fingerprint density at radius 1 is 1.05 bits per heavy atom. The largest absolute Gasteiger partial charge is 0.337 e. The average Bonchev–Trinajstić information content (AvgIpc) is 3.16. The minimum absolute atomic E-state index is 0.135. The molecular formula is C19H28N2O. The highest BCUT2D eigenvalue weighted by Crippen LogP contribution is 2.24. The Morgan fingerprint density at radius 2 is 1.68 bits per heavy atom. The highest BCUT2D eigenvalue weighted by Gasteiger charge is 2.31. The first-order chi connectivity index (χ1) is 10.4. The van der Waals surface area contributed by atoms with Gasteiger partial charge in [0.2, 0.25) is 0 Å². The van der Waals surface area contributed by atoms with Crippen molar-refractivity contribution < 1.29 is 4.79 Å². The molecule has 3 heteroatoms. The lowest BCUT2D eigenvalue weighted by Crippen LogP contribution is -2.37. The predicted octanol–water partition coefficient (Wildman–Crippen LogP) is 3.29. The summed E-state index contributed by atoms with van der Waals surface area (Å²) in [6.45, 7) is 10.8. The van der Waals surface area contributed by atoms with Crippen LogP contribution in [0.2, 0.25) is 0 Å². The standard InChI is InChI=1S/C19H28N2O/c1-19(2,3)16-8-6-15(7-9-16)18(22)21-13-10-17(14-21)20-11-4-5-12-20/h6-9,17H,4-5,10-14H2,1-3H3. The molecule has 2 aliphatic heterocycles. The molecule has 3 nitrogen and oxygen atoms in total. The van der Waals surface area contributed by atoms with Gasteiger partial charge >= 0.3 is 0 Å². The van der Waals surface area contributed by atoms with Crippen LogP contribution in [0, 0.1) is 0 Å². The summed E-state index contributed by atoms with van der Waals surface area (Å²) in [4.78, 5) is 17.3. The summed E-state index contributed by atoms with van der Waals surface area (Å²) in [7, 11) is 0. The van der Waals surface area contributed by atoms with E-state index in [1.165, 1.54) is 31.5 Å².